The Balaban J connectivity index is -0.000000314. The number of aliphatic carboxylic acids is 5. The lowest BCUT2D eigenvalue weighted by molar-refractivity contribution is -0.155. The van der Waals surface area contributed by atoms with Crippen LogP contribution in [0.1, 0.15) is 272 Å². The molecule has 2 aromatic carbocycles. The van der Waals surface area contributed by atoms with E-state index in [0.29, 0.717) is 41.3 Å². The van der Waals surface area contributed by atoms with E-state index in [-0.39, 0.29) is 45.9 Å². The molecule has 2 aromatic rings. The fourth-order valence-electron chi connectivity index (χ4n) is 7.66. The van der Waals surface area contributed by atoms with E-state index < -0.39 is 47.8 Å². The van der Waals surface area contributed by atoms with E-state index in [0.717, 1.165) is 107 Å². The summed E-state index contributed by atoms with van der Waals surface area (Å²) < 4.78 is 10.7. The van der Waals surface area contributed by atoms with Crippen LogP contribution in [0.15, 0.2) is 36.4 Å². The highest BCUT2D eigenvalue weighted by atomic mass is 16.5. The molecule has 0 radical (unpaired) electrons. The van der Waals surface area contributed by atoms with Crippen LogP contribution in [-0.4, -0.2) is 114 Å². The van der Waals surface area contributed by atoms with Gasteiger partial charge in [-0.25, -0.2) is 4.79 Å². The van der Waals surface area contributed by atoms with Crippen LogP contribution in [0.3, 0.4) is 0 Å². The maximum absolute atomic E-state index is 11.2. The normalized spacial score (nSPS) is 13.2. The van der Waals surface area contributed by atoms with Crippen LogP contribution in [-0.2, 0) is 46.3 Å². The van der Waals surface area contributed by atoms with Gasteiger partial charge in [0.2, 0.25) is 0 Å². The summed E-state index contributed by atoms with van der Waals surface area (Å²) in [5.41, 5.74) is 5.00. The Morgan fingerprint density at radius 2 is 0.867 bits per heavy atom. The van der Waals surface area contributed by atoms with E-state index >= 15 is 0 Å². The number of phenolic OH excluding ortho intramolecular Hbond substituents is 2. The second-order valence-corrected chi connectivity index (χ2v) is 32.5. The number of aliphatic hydroxyl groups excluding tert-OH is 2. The van der Waals surface area contributed by atoms with Gasteiger partial charge in [0.1, 0.15) is 11.5 Å². The largest absolute Gasteiger partial charge is 0.508 e. The van der Waals surface area contributed by atoms with Gasteiger partial charge in [0.25, 0.3) is 0 Å². The molecule has 0 bridgehead atoms. The van der Waals surface area contributed by atoms with Crippen molar-refractivity contribution < 1.29 is 79.4 Å². The van der Waals surface area contributed by atoms with Gasteiger partial charge < -0.3 is 55.4 Å². The average molecular weight is 1280 g/mol. The van der Waals surface area contributed by atoms with E-state index in [2.05, 4.69) is 96.1 Å². The van der Waals surface area contributed by atoms with Gasteiger partial charge in [-0.05, 0) is 170 Å². The zero-order chi connectivity index (χ0) is 71.8. The maximum atomic E-state index is 11.2. The number of rotatable bonds is 26. The molecule has 0 saturated carbocycles. The Morgan fingerprint density at radius 1 is 0.456 bits per heavy atom. The minimum absolute atomic E-state index is 0.0247. The highest BCUT2D eigenvalue weighted by Crippen LogP contribution is 2.32. The standard InChI is InChI=1S/C14H20O3.C13H20O.C11H22O2.C11H24O2.C9H16O4.C8H16O3.C8H18O/c1-9-5-6-10(8-12(9)15)7-11(13(16)17)14(2,3)4;1-10-5-6-11(9-12(10)14)7-8-13(2,3)4;1-9(10(12)13)7-5-6-8-11(2,3)4;1-5-7-12-9-10-13-8-6-11(2,3)4;1-9(2,3)5-4-6(7(10)11)8(12)13;1-8(2,3)5-4-6(9)7(10)11;1-5-7(9)6-8(2,3)4/h5-6,8,11,15H,7H2,1-4H3,(H,16,17);5-6,9,14H,7-8H2,1-4H3;9H,5-8H2,1-4H3,(H,12,13);5-10H2,1-4H3;6H,4-5H2,1-3H3,(H,10,11)(H,12,13);6,9H,4-5H2,1-3H3,(H,10,11);7,9H,5-6H2,1-4H3. The van der Waals surface area contributed by atoms with Crippen molar-refractivity contribution in [3.63, 3.8) is 0 Å². The summed E-state index contributed by atoms with van der Waals surface area (Å²) in [6.45, 7) is 56.9. The number of unbranched alkanes of at least 4 members (excludes halogenated alkanes) is 1. The minimum Gasteiger partial charge on any atom is -0.508 e. The highest BCUT2D eigenvalue weighted by molar-refractivity contribution is 5.92. The molecule has 9 N–H and O–H groups in total. The summed E-state index contributed by atoms with van der Waals surface area (Å²) in [4.78, 5) is 52.9. The van der Waals surface area contributed by atoms with Crippen LogP contribution < -0.4 is 0 Å². The molecule has 0 fully saturated rings. The molecule has 0 spiro atoms. The van der Waals surface area contributed by atoms with E-state index in [1.165, 1.54) is 12.0 Å². The van der Waals surface area contributed by atoms with E-state index in [4.69, 9.17) is 35.0 Å². The molecule has 0 aliphatic rings. The van der Waals surface area contributed by atoms with Gasteiger partial charge in [0.15, 0.2) is 12.0 Å². The second-order valence-electron chi connectivity index (χ2n) is 32.5. The van der Waals surface area contributed by atoms with Gasteiger partial charge in [0, 0.05) is 13.2 Å². The fraction of sp³-hybridized carbons (Fsp3) is 0.770. The first-order valence-electron chi connectivity index (χ1n) is 32.7. The summed E-state index contributed by atoms with van der Waals surface area (Å²) in [6, 6.07) is 11.3. The first-order valence-corrected chi connectivity index (χ1v) is 32.7. The van der Waals surface area contributed by atoms with Crippen LogP contribution in [0.4, 0.5) is 0 Å². The molecule has 16 nitrogen and oxygen atoms in total. The van der Waals surface area contributed by atoms with Crippen molar-refractivity contribution in [2.45, 2.75) is 289 Å². The first-order chi connectivity index (χ1) is 40.5. The van der Waals surface area contributed by atoms with E-state index in [1.807, 2.05) is 107 Å². The van der Waals surface area contributed by atoms with Crippen molar-refractivity contribution in [3.05, 3.63) is 58.7 Å². The summed E-state index contributed by atoms with van der Waals surface area (Å²) in [6.07, 6.45) is 11.3. The predicted octanol–water partition coefficient (Wildman–Crippen LogP) is 17.9. The lowest BCUT2D eigenvalue weighted by atomic mass is 9.77. The topological polar surface area (TPSA) is 286 Å². The Bertz CT molecular complexity index is 2220. The van der Waals surface area contributed by atoms with Crippen molar-refractivity contribution >= 4 is 29.8 Å². The van der Waals surface area contributed by atoms with Crippen LogP contribution in [0.25, 0.3) is 0 Å². The van der Waals surface area contributed by atoms with Gasteiger partial charge in [-0.3, -0.25) is 19.2 Å². The Kier molecular flexibility index (Phi) is 48.4. The first kappa shape index (κ1) is 93.9. The predicted molar refractivity (Wildman–Crippen MR) is 369 cm³/mol. The van der Waals surface area contributed by atoms with Crippen molar-refractivity contribution in [1.82, 2.24) is 0 Å². The SMILES string of the molecule is CC(C)(C)CCC(C(=O)O)C(=O)O.CC(C)(C)CCC(O)C(=O)O.CC(CCCCC(C)(C)C)C(=O)O.CCC(O)CC(C)(C)C.CCCOCCOCCC(C)(C)C.Cc1ccc(CC(C(=O)O)C(C)(C)C)cc1O.Cc1ccc(CCC(C)(C)C)cc1O. The molecular weight excluding hydrogens is 1140 g/mol. The lowest BCUT2D eigenvalue weighted by Gasteiger charge is -2.27. The van der Waals surface area contributed by atoms with Crippen LogP contribution in [0.2, 0.25) is 0 Å². The number of carboxylic acids is 5. The molecule has 16 heteroatoms. The molecule has 4 unspecified atom stereocenters. The van der Waals surface area contributed by atoms with Gasteiger partial charge in [0.05, 0.1) is 31.2 Å². The molecule has 4 atom stereocenters. The number of aromatic hydroxyl groups is 2. The molecule has 0 heterocycles. The number of carboxylic acid groups (broad SMARTS) is 5. The number of phenols is 2. The van der Waals surface area contributed by atoms with Crippen LogP contribution in [0, 0.1) is 69.5 Å². The number of carbonyl (C=O) groups is 5. The smallest absolute Gasteiger partial charge is 0.332 e. The van der Waals surface area contributed by atoms with Crippen molar-refractivity contribution in [3.8, 4) is 11.5 Å². The molecule has 0 aromatic heterocycles. The summed E-state index contributed by atoms with van der Waals surface area (Å²) in [5.74, 6) is -6.36. The molecule has 0 saturated heterocycles. The Morgan fingerprint density at radius 3 is 1.20 bits per heavy atom. The van der Waals surface area contributed by atoms with Crippen LogP contribution >= 0.6 is 0 Å². The molecule has 2 rings (SSSR count). The molecule has 0 aliphatic carbocycles. The van der Waals surface area contributed by atoms with Crippen molar-refractivity contribution in [1.29, 1.82) is 0 Å². The summed E-state index contributed by atoms with van der Waals surface area (Å²) in [5, 5.41) is 80.5. The summed E-state index contributed by atoms with van der Waals surface area (Å²) in [7, 11) is 0. The zero-order valence-corrected chi connectivity index (χ0v) is 61.7. The minimum atomic E-state index is -1.26. The quantitative estimate of drug-likeness (QED) is 0.0313. The average Bonchev–Trinajstić information content (AvgIpc) is 2.54. The van der Waals surface area contributed by atoms with Crippen molar-refractivity contribution in [2.24, 2.45) is 55.7 Å². The van der Waals surface area contributed by atoms with Gasteiger partial charge in [-0.2, -0.15) is 0 Å². The lowest BCUT2D eigenvalue weighted by Crippen LogP contribution is -2.30. The Hall–Kier alpha value is -4.77. The number of benzene rings is 2. The van der Waals surface area contributed by atoms with E-state index in [1.54, 1.807) is 13.0 Å². The zero-order valence-electron chi connectivity index (χ0n) is 61.7. The maximum Gasteiger partial charge on any atom is 0.332 e. The third-order valence-electron chi connectivity index (χ3n) is 14.0. The number of hydrogen-bond acceptors (Lipinski definition) is 11. The fourth-order valence-corrected chi connectivity index (χ4v) is 7.66. The number of ether oxygens (including phenoxy) is 2. The Labute approximate surface area is 547 Å². The summed E-state index contributed by atoms with van der Waals surface area (Å²) >= 11 is 0. The van der Waals surface area contributed by atoms with E-state index in [9.17, 15) is 44.4 Å². The molecule has 528 valence electrons. The van der Waals surface area contributed by atoms with Gasteiger partial charge in [-0.15, -0.1) is 0 Å². The van der Waals surface area contributed by atoms with Crippen molar-refractivity contribution in [2.75, 3.05) is 26.4 Å². The molecule has 0 aliphatic heterocycles. The molecular formula is C74H136O16. The number of aryl methyl sites for hydroxylation is 3. The highest BCUT2D eigenvalue weighted by Gasteiger charge is 2.31. The third-order valence-corrected chi connectivity index (χ3v) is 14.0. The van der Waals surface area contributed by atoms with Crippen LogP contribution in [0.5, 0.6) is 11.5 Å². The number of hydrogen-bond donors (Lipinski definition) is 9. The number of aliphatic hydroxyl groups is 2. The monoisotopic (exact) mass is 1280 g/mol. The van der Waals surface area contributed by atoms with Gasteiger partial charge >= 0.3 is 29.8 Å². The molecule has 90 heavy (non-hydrogen) atoms. The molecule has 0 amide bonds. The van der Waals surface area contributed by atoms with Gasteiger partial charge in [-0.1, -0.05) is 203 Å². The third kappa shape index (κ3) is 63.4. The second kappa shape index (κ2) is 46.3.